The van der Waals surface area contributed by atoms with Crippen molar-refractivity contribution >= 4 is 39.5 Å². The molecule has 2 aromatic rings. The third kappa shape index (κ3) is 4.04. The molecule has 0 saturated carbocycles. The van der Waals surface area contributed by atoms with Gasteiger partial charge >= 0.3 is 6.03 Å². The van der Waals surface area contributed by atoms with Crippen molar-refractivity contribution in [3.8, 4) is 11.5 Å². The molecule has 9 heteroatoms. The third-order valence-corrected chi connectivity index (χ3v) is 5.14. The molecule has 4 amide bonds. The summed E-state index contributed by atoms with van der Waals surface area (Å²) in [6.07, 6.45) is 0. The van der Waals surface area contributed by atoms with Gasteiger partial charge in [-0.05, 0) is 36.8 Å². The SMILES string of the molecule is COc1ccc(NC(=O)CN2C(=O)NC(C)(c3cccc(Br)c3)C2=O)cc1OC. The second kappa shape index (κ2) is 8.12. The number of nitrogens with one attached hydrogen (secondary N) is 2. The average Bonchev–Trinajstić information content (AvgIpc) is 2.92. The summed E-state index contributed by atoms with van der Waals surface area (Å²) < 4.78 is 11.1. The largest absolute Gasteiger partial charge is 0.493 e. The summed E-state index contributed by atoms with van der Waals surface area (Å²) in [5, 5.41) is 5.33. The highest BCUT2D eigenvalue weighted by Crippen LogP contribution is 2.31. The third-order valence-electron chi connectivity index (χ3n) is 4.65. The molecule has 3 rings (SSSR count). The number of anilines is 1. The van der Waals surface area contributed by atoms with Gasteiger partial charge in [0.2, 0.25) is 5.91 Å². The molecule has 0 bridgehead atoms. The molecule has 8 nitrogen and oxygen atoms in total. The zero-order valence-electron chi connectivity index (χ0n) is 16.1. The molecule has 0 radical (unpaired) electrons. The van der Waals surface area contributed by atoms with E-state index in [0.29, 0.717) is 22.7 Å². The fourth-order valence-electron chi connectivity index (χ4n) is 3.09. The number of halogens is 1. The van der Waals surface area contributed by atoms with Gasteiger partial charge in [0.25, 0.3) is 5.91 Å². The van der Waals surface area contributed by atoms with Gasteiger partial charge in [-0.2, -0.15) is 0 Å². The van der Waals surface area contributed by atoms with Gasteiger partial charge in [-0.3, -0.25) is 14.5 Å². The molecule has 29 heavy (non-hydrogen) atoms. The molecule has 2 N–H and O–H groups in total. The van der Waals surface area contributed by atoms with Crippen LogP contribution in [0.4, 0.5) is 10.5 Å². The number of urea groups is 1. The van der Waals surface area contributed by atoms with E-state index in [1.165, 1.54) is 14.2 Å². The number of benzene rings is 2. The molecule has 1 saturated heterocycles. The topological polar surface area (TPSA) is 97.0 Å². The highest BCUT2D eigenvalue weighted by molar-refractivity contribution is 9.10. The molecular formula is C20H20BrN3O5. The Kier molecular flexibility index (Phi) is 5.78. The maximum absolute atomic E-state index is 12.9. The molecule has 1 heterocycles. The highest BCUT2D eigenvalue weighted by atomic mass is 79.9. The van der Waals surface area contributed by atoms with Crippen molar-refractivity contribution in [2.45, 2.75) is 12.5 Å². The first-order valence-electron chi connectivity index (χ1n) is 8.70. The van der Waals surface area contributed by atoms with E-state index < -0.39 is 29.9 Å². The van der Waals surface area contributed by atoms with E-state index >= 15 is 0 Å². The fourth-order valence-corrected chi connectivity index (χ4v) is 3.49. The Morgan fingerprint density at radius 2 is 1.86 bits per heavy atom. The summed E-state index contributed by atoms with van der Waals surface area (Å²) in [5.74, 6) is -0.0471. The second-order valence-corrected chi connectivity index (χ2v) is 7.49. The van der Waals surface area contributed by atoms with Crippen molar-refractivity contribution in [2.75, 3.05) is 26.1 Å². The van der Waals surface area contributed by atoms with Gasteiger partial charge in [-0.25, -0.2) is 4.79 Å². The molecule has 152 valence electrons. The molecule has 1 aliphatic heterocycles. The quantitative estimate of drug-likeness (QED) is 0.644. The smallest absolute Gasteiger partial charge is 0.325 e. The molecule has 0 aromatic heterocycles. The first-order chi connectivity index (χ1) is 13.8. The van der Waals surface area contributed by atoms with E-state index in [0.717, 1.165) is 9.37 Å². The number of ether oxygens (including phenoxy) is 2. The number of amides is 4. The Bertz CT molecular complexity index is 980. The number of rotatable bonds is 6. The number of nitrogens with zero attached hydrogens (tertiary/aromatic N) is 1. The van der Waals surface area contributed by atoms with Gasteiger partial charge in [0.15, 0.2) is 11.5 Å². The average molecular weight is 462 g/mol. The van der Waals surface area contributed by atoms with Crippen LogP contribution in [0.25, 0.3) is 0 Å². The van der Waals surface area contributed by atoms with Crippen LogP contribution in [0, 0.1) is 0 Å². The van der Waals surface area contributed by atoms with E-state index in [2.05, 4.69) is 26.6 Å². The van der Waals surface area contributed by atoms with Gasteiger partial charge in [0.05, 0.1) is 14.2 Å². The van der Waals surface area contributed by atoms with Crippen LogP contribution in [-0.2, 0) is 15.1 Å². The second-order valence-electron chi connectivity index (χ2n) is 6.57. The van der Waals surface area contributed by atoms with Crippen molar-refractivity contribution in [3.05, 3.63) is 52.5 Å². The number of carbonyl (C=O) groups is 3. The van der Waals surface area contributed by atoms with E-state index in [1.54, 1.807) is 43.3 Å². The van der Waals surface area contributed by atoms with E-state index in [-0.39, 0.29) is 0 Å². The lowest BCUT2D eigenvalue weighted by molar-refractivity contribution is -0.133. The normalized spacial score (nSPS) is 18.4. The summed E-state index contributed by atoms with van der Waals surface area (Å²) in [6.45, 7) is 1.20. The zero-order chi connectivity index (χ0) is 21.2. The Morgan fingerprint density at radius 1 is 1.14 bits per heavy atom. The minimum absolute atomic E-state index is 0.414. The van der Waals surface area contributed by atoms with Crippen molar-refractivity contribution in [3.63, 3.8) is 0 Å². The summed E-state index contributed by atoms with van der Waals surface area (Å²) in [5.41, 5.74) is -0.174. The van der Waals surface area contributed by atoms with E-state index in [1.807, 2.05) is 6.07 Å². The van der Waals surface area contributed by atoms with Gasteiger partial charge in [0.1, 0.15) is 12.1 Å². The highest BCUT2D eigenvalue weighted by Gasteiger charge is 2.49. The summed E-state index contributed by atoms with van der Waals surface area (Å²) >= 11 is 3.36. The number of imide groups is 1. The van der Waals surface area contributed by atoms with Crippen LogP contribution in [0.3, 0.4) is 0 Å². The van der Waals surface area contributed by atoms with Crippen LogP contribution in [0.5, 0.6) is 11.5 Å². The van der Waals surface area contributed by atoms with Crippen LogP contribution in [-0.4, -0.2) is 43.5 Å². The van der Waals surface area contributed by atoms with Crippen LogP contribution in [0.2, 0.25) is 0 Å². The lowest BCUT2D eigenvalue weighted by Gasteiger charge is -2.22. The molecule has 0 aliphatic carbocycles. The molecule has 2 aromatic carbocycles. The van der Waals surface area contributed by atoms with Crippen molar-refractivity contribution in [1.29, 1.82) is 0 Å². The maximum Gasteiger partial charge on any atom is 0.325 e. The lowest BCUT2D eigenvalue weighted by Crippen LogP contribution is -2.42. The Labute approximate surface area is 176 Å². The van der Waals surface area contributed by atoms with Crippen LogP contribution < -0.4 is 20.1 Å². The number of carbonyl (C=O) groups excluding carboxylic acids is 3. The number of methoxy groups -OCH3 is 2. The standard InChI is InChI=1S/C20H20BrN3O5/c1-20(12-5-4-6-13(21)9-12)18(26)24(19(27)23-20)11-17(25)22-14-7-8-15(28-2)16(10-14)29-3/h4-10H,11H2,1-3H3,(H,22,25)(H,23,27). The summed E-state index contributed by atoms with van der Waals surface area (Å²) in [6, 6.07) is 11.3. The number of hydrogen-bond donors (Lipinski definition) is 2. The molecule has 1 atom stereocenters. The maximum atomic E-state index is 12.9. The lowest BCUT2D eigenvalue weighted by atomic mass is 9.92. The van der Waals surface area contributed by atoms with E-state index in [9.17, 15) is 14.4 Å². The Hall–Kier alpha value is -3.07. The monoisotopic (exact) mass is 461 g/mol. The fraction of sp³-hybridized carbons (Fsp3) is 0.250. The van der Waals surface area contributed by atoms with Gasteiger partial charge in [-0.15, -0.1) is 0 Å². The summed E-state index contributed by atoms with van der Waals surface area (Å²) in [7, 11) is 3.00. The van der Waals surface area contributed by atoms with Crippen molar-refractivity contribution in [2.24, 2.45) is 0 Å². The Balaban J connectivity index is 1.74. The number of hydrogen-bond acceptors (Lipinski definition) is 5. The predicted octanol–water partition coefficient (Wildman–Crippen LogP) is 2.87. The molecule has 1 fully saturated rings. The molecular weight excluding hydrogens is 442 g/mol. The van der Waals surface area contributed by atoms with Gasteiger partial charge in [-0.1, -0.05) is 28.1 Å². The molecule has 0 spiro atoms. The van der Waals surface area contributed by atoms with Crippen LogP contribution >= 0.6 is 15.9 Å². The van der Waals surface area contributed by atoms with Gasteiger partial charge < -0.3 is 20.1 Å². The van der Waals surface area contributed by atoms with Crippen molar-refractivity contribution in [1.82, 2.24) is 10.2 Å². The molecule has 1 unspecified atom stereocenters. The van der Waals surface area contributed by atoms with Gasteiger partial charge in [0, 0.05) is 16.2 Å². The Morgan fingerprint density at radius 3 is 2.52 bits per heavy atom. The zero-order valence-corrected chi connectivity index (χ0v) is 17.7. The van der Waals surface area contributed by atoms with Crippen LogP contribution in [0.1, 0.15) is 12.5 Å². The minimum Gasteiger partial charge on any atom is -0.493 e. The van der Waals surface area contributed by atoms with Crippen LogP contribution in [0.15, 0.2) is 46.9 Å². The predicted molar refractivity (Wildman–Crippen MR) is 110 cm³/mol. The molecule has 1 aliphatic rings. The van der Waals surface area contributed by atoms with E-state index in [4.69, 9.17) is 9.47 Å². The summed E-state index contributed by atoms with van der Waals surface area (Å²) in [4.78, 5) is 38.7. The first kappa shape index (κ1) is 20.7. The van der Waals surface area contributed by atoms with Crippen molar-refractivity contribution < 1.29 is 23.9 Å². The first-order valence-corrected chi connectivity index (χ1v) is 9.50. The minimum atomic E-state index is -1.25.